The van der Waals surface area contributed by atoms with Crippen LogP contribution in [0.5, 0.6) is 0 Å². The molecule has 0 saturated carbocycles. The number of halogens is 10. The van der Waals surface area contributed by atoms with E-state index in [1.807, 2.05) is 13.8 Å². The van der Waals surface area contributed by atoms with E-state index in [2.05, 4.69) is 4.74 Å². The Balaban J connectivity index is 1.56. The third kappa shape index (κ3) is 7.86. The Morgan fingerprint density at radius 3 is 2.08 bits per heavy atom. The molecule has 0 radical (unpaired) electrons. The number of benzene rings is 3. The van der Waals surface area contributed by atoms with Gasteiger partial charge in [-0.05, 0) is 102 Å². The minimum absolute atomic E-state index is 0.0218. The van der Waals surface area contributed by atoms with Crippen molar-refractivity contribution in [3.05, 3.63) is 99.4 Å². The van der Waals surface area contributed by atoms with E-state index in [4.69, 9.17) is 4.74 Å². The number of hydrogen-bond acceptors (Lipinski definition) is 4. The van der Waals surface area contributed by atoms with E-state index in [0.29, 0.717) is 54.2 Å². The van der Waals surface area contributed by atoms with Crippen molar-refractivity contribution in [3.63, 3.8) is 0 Å². The summed E-state index contributed by atoms with van der Waals surface area (Å²) in [5.41, 5.74) is -5.06. The van der Waals surface area contributed by atoms with E-state index in [-0.39, 0.29) is 18.0 Å². The third-order valence-corrected chi connectivity index (χ3v) is 9.21. The Kier molecular flexibility index (Phi) is 9.76. The predicted molar refractivity (Wildman–Crippen MR) is 165 cm³/mol. The van der Waals surface area contributed by atoms with Crippen molar-refractivity contribution < 1.29 is 63.0 Å². The average molecular weight is 732 g/mol. The molecule has 3 aromatic carbocycles. The molecule has 2 aliphatic rings. The molecule has 0 spiro atoms. The van der Waals surface area contributed by atoms with Crippen molar-refractivity contribution in [2.45, 2.75) is 70.7 Å². The lowest BCUT2D eigenvalue weighted by Gasteiger charge is -2.35. The number of rotatable bonds is 6. The van der Waals surface area contributed by atoms with Crippen LogP contribution >= 0.6 is 0 Å². The Bertz CT molecular complexity index is 1860. The predicted octanol–water partition coefficient (Wildman–Crippen LogP) is 10.9. The van der Waals surface area contributed by atoms with Crippen LogP contribution in [0, 0.1) is 11.2 Å². The number of ether oxygens (including phenoxy) is 2. The normalized spacial score (nSPS) is 19.7. The molecule has 51 heavy (non-hydrogen) atoms. The van der Waals surface area contributed by atoms with Gasteiger partial charge in [0.25, 0.3) is 0 Å². The number of carbonyl (C=O) groups is 2. The van der Waals surface area contributed by atoms with Gasteiger partial charge in [-0.3, -0.25) is 4.90 Å². The molecule has 3 aromatic rings. The molecule has 1 saturated heterocycles. The van der Waals surface area contributed by atoms with Gasteiger partial charge in [0.15, 0.2) is 0 Å². The summed E-state index contributed by atoms with van der Waals surface area (Å²) in [5, 5.41) is 0. The first-order valence-corrected chi connectivity index (χ1v) is 15.6. The van der Waals surface area contributed by atoms with Gasteiger partial charge in [-0.25, -0.2) is 14.0 Å². The van der Waals surface area contributed by atoms with Gasteiger partial charge in [-0.2, -0.15) is 39.5 Å². The number of amides is 1. The van der Waals surface area contributed by atoms with Gasteiger partial charge in [-0.1, -0.05) is 26.0 Å². The maximum atomic E-state index is 15.3. The van der Waals surface area contributed by atoms with Crippen molar-refractivity contribution >= 4 is 17.6 Å². The number of esters is 1. The largest absolute Gasteiger partial charge is 0.465 e. The van der Waals surface area contributed by atoms with Crippen LogP contribution in [0.15, 0.2) is 60.2 Å². The minimum Gasteiger partial charge on any atom is -0.465 e. The molecule has 1 amide bonds. The number of cyclic esters (lactones) is 1. The monoisotopic (exact) mass is 731 g/mol. The summed E-state index contributed by atoms with van der Waals surface area (Å²) < 4.78 is 149. The van der Waals surface area contributed by atoms with Crippen LogP contribution in [-0.2, 0) is 28.0 Å². The maximum absolute atomic E-state index is 15.3. The lowest BCUT2D eigenvalue weighted by atomic mass is 9.72. The summed E-state index contributed by atoms with van der Waals surface area (Å²) in [5.74, 6) is -2.00. The SMILES string of the molecule is COC(=O)c1ccc(-c2cc(C3=C(CN4C(=O)O[C@H](c5cc(C(F)(F)F)cc(C(F)(F)F)c5)C4C)CC(C)(C)CC3)ccc2F)c(C(F)(F)F)c1. The summed E-state index contributed by atoms with van der Waals surface area (Å²) in [6, 6.07) is 6.19. The Morgan fingerprint density at radius 2 is 1.51 bits per heavy atom. The fraction of sp³-hybridized carbons (Fsp3) is 0.389. The van der Waals surface area contributed by atoms with Crippen molar-refractivity contribution in [1.82, 2.24) is 4.90 Å². The molecule has 1 aliphatic carbocycles. The highest BCUT2D eigenvalue weighted by atomic mass is 19.4. The first-order chi connectivity index (χ1) is 23.5. The summed E-state index contributed by atoms with van der Waals surface area (Å²) in [6.45, 7) is 5.13. The second kappa shape index (κ2) is 13.2. The van der Waals surface area contributed by atoms with Gasteiger partial charge in [-0.15, -0.1) is 0 Å². The summed E-state index contributed by atoms with van der Waals surface area (Å²) in [7, 11) is 1.00. The number of nitrogens with zero attached hydrogens (tertiary/aromatic N) is 1. The van der Waals surface area contributed by atoms with E-state index in [1.165, 1.54) is 24.0 Å². The second-order valence-corrected chi connectivity index (χ2v) is 13.4. The summed E-state index contributed by atoms with van der Waals surface area (Å²) in [4.78, 5) is 26.3. The van der Waals surface area contributed by atoms with Crippen LogP contribution in [0.1, 0.15) is 84.3 Å². The van der Waals surface area contributed by atoms with Crippen LogP contribution in [0.2, 0.25) is 0 Å². The quantitative estimate of drug-likeness (QED) is 0.187. The zero-order valence-electron chi connectivity index (χ0n) is 27.5. The van der Waals surface area contributed by atoms with E-state index >= 15 is 4.39 Å². The molecule has 1 heterocycles. The first-order valence-electron chi connectivity index (χ1n) is 15.6. The van der Waals surface area contributed by atoms with Crippen LogP contribution < -0.4 is 0 Å². The molecule has 5 rings (SSSR count). The number of hydrogen-bond donors (Lipinski definition) is 0. The van der Waals surface area contributed by atoms with E-state index < -0.39 is 87.5 Å². The molecular weight excluding hydrogens is 700 g/mol. The Morgan fingerprint density at radius 1 is 0.882 bits per heavy atom. The smallest absolute Gasteiger partial charge is 0.417 e. The molecule has 2 atom stereocenters. The van der Waals surface area contributed by atoms with Crippen molar-refractivity contribution in [2.75, 3.05) is 13.7 Å². The van der Waals surface area contributed by atoms with Gasteiger partial charge in [0.1, 0.15) is 11.9 Å². The van der Waals surface area contributed by atoms with Crippen molar-refractivity contribution in [3.8, 4) is 11.1 Å². The maximum Gasteiger partial charge on any atom is 0.417 e. The third-order valence-electron chi connectivity index (χ3n) is 9.21. The number of alkyl halides is 9. The van der Waals surface area contributed by atoms with Crippen LogP contribution in [0.4, 0.5) is 48.7 Å². The molecule has 0 aromatic heterocycles. The van der Waals surface area contributed by atoms with Gasteiger partial charge in [0.05, 0.1) is 35.4 Å². The topological polar surface area (TPSA) is 55.8 Å². The highest BCUT2D eigenvalue weighted by Gasteiger charge is 2.44. The Hall–Kier alpha value is -4.56. The molecule has 15 heteroatoms. The highest BCUT2D eigenvalue weighted by molar-refractivity contribution is 5.91. The molecule has 274 valence electrons. The molecule has 0 N–H and O–H groups in total. The van der Waals surface area contributed by atoms with Crippen LogP contribution in [0.25, 0.3) is 16.7 Å². The van der Waals surface area contributed by atoms with E-state index in [9.17, 15) is 49.1 Å². The second-order valence-electron chi connectivity index (χ2n) is 13.4. The molecule has 1 fully saturated rings. The molecule has 1 aliphatic heterocycles. The molecular formula is C36H31F10NO4. The van der Waals surface area contributed by atoms with Gasteiger partial charge < -0.3 is 9.47 Å². The number of carbonyl (C=O) groups excluding carboxylic acids is 2. The van der Waals surface area contributed by atoms with Crippen molar-refractivity contribution in [1.29, 1.82) is 0 Å². The van der Waals surface area contributed by atoms with Gasteiger partial charge in [0.2, 0.25) is 0 Å². The van der Waals surface area contributed by atoms with E-state index in [0.717, 1.165) is 25.3 Å². The summed E-state index contributed by atoms with van der Waals surface area (Å²) in [6.07, 6.45) is -16.4. The number of methoxy groups -OCH3 is 1. The van der Waals surface area contributed by atoms with Gasteiger partial charge in [0, 0.05) is 12.1 Å². The lowest BCUT2D eigenvalue weighted by molar-refractivity contribution is -0.143. The standard InChI is InChI=1S/C36H31F10NO4/c1-18-30(21-11-23(34(38,39)40)15-24(12-21)35(41,42)43)51-32(49)47(18)17-22-16-33(2,3)10-9-25(22)19-6-8-29(37)27(13-19)26-7-5-20(31(48)50-4)14-28(26)36(44,45)46/h5-8,11-15,18,30H,9-10,16-17H2,1-4H3/t18?,30-/m0/s1. The Labute approximate surface area is 285 Å². The van der Waals surface area contributed by atoms with Crippen molar-refractivity contribution in [2.24, 2.45) is 5.41 Å². The molecule has 1 unspecified atom stereocenters. The minimum atomic E-state index is -5.12. The van der Waals surface area contributed by atoms with Crippen LogP contribution in [0.3, 0.4) is 0 Å². The fourth-order valence-corrected chi connectivity index (χ4v) is 6.60. The molecule has 0 bridgehead atoms. The summed E-state index contributed by atoms with van der Waals surface area (Å²) >= 11 is 0. The first kappa shape index (κ1) is 37.7. The lowest BCUT2D eigenvalue weighted by Crippen LogP contribution is -2.35. The zero-order chi connectivity index (χ0) is 37.8. The average Bonchev–Trinajstić information content (AvgIpc) is 3.31. The highest BCUT2D eigenvalue weighted by Crippen LogP contribution is 2.46. The molecule has 5 nitrogen and oxygen atoms in total. The fourth-order valence-electron chi connectivity index (χ4n) is 6.60. The number of allylic oxidation sites excluding steroid dienone is 1. The van der Waals surface area contributed by atoms with Crippen LogP contribution in [-0.4, -0.2) is 36.7 Å². The van der Waals surface area contributed by atoms with Gasteiger partial charge >= 0.3 is 30.6 Å². The van der Waals surface area contributed by atoms with E-state index in [1.54, 1.807) is 0 Å². The zero-order valence-corrected chi connectivity index (χ0v) is 27.5.